The smallest absolute Gasteiger partial charge is 0.257 e. The maximum Gasteiger partial charge on any atom is 0.257 e. The Labute approximate surface area is 171 Å². The zero-order chi connectivity index (χ0) is 20.7. The number of nitrogens with zero attached hydrogens (tertiary/aromatic N) is 2. The Morgan fingerprint density at radius 1 is 1.00 bits per heavy atom. The van der Waals surface area contributed by atoms with Gasteiger partial charge in [0, 0.05) is 28.0 Å². The third kappa shape index (κ3) is 3.06. The number of aromatic nitrogens is 2. The van der Waals surface area contributed by atoms with Crippen LogP contribution in [0.3, 0.4) is 0 Å². The lowest BCUT2D eigenvalue weighted by Gasteiger charge is -2.10. The highest BCUT2D eigenvalue weighted by molar-refractivity contribution is 6.10. The van der Waals surface area contributed by atoms with Crippen molar-refractivity contribution in [2.45, 2.75) is 6.92 Å². The van der Waals surface area contributed by atoms with Gasteiger partial charge in [0.15, 0.2) is 5.82 Å². The van der Waals surface area contributed by atoms with Gasteiger partial charge in [0.05, 0.1) is 12.8 Å². The average molecular weight is 399 g/mol. The maximum atomic E-state index is 12.8. The Balaban J connectivity index is 1.45. The molecule has 0 saturated heterocycles. The fraction of sp³-hybridized carbons (Fsp3) is 0.0870. The summed E-state index contributed by atoms with van der Waals surface area (Å²) in [6.45, 7) is 1.75. The van der Waals surface area contributed by atoms with Crippen LogP contribution in [0.25, 0.3) is 33.4 Å². The largest absolute Gasteiger partial charge is 0.495 e. The lowest BCUT2D eigenvalue weighted by atomic mass is 10.1. The number of hydrogen-bond acceptors (Lipinski definition) is 6. The molecule has 0 unspecified atom stereocenters. The minimum atomic E-state index is -0.267. The van der Waals surface area contributed by atoms with Crippen molar-refractivity contribution >= 4 is 33.5 Å². The Kier molecular flexibility index (Phi) is 4.21. The van der Waals surface area contributed by atoms with Crippen LogP contribution in [0.5, 0.6) is 5.75 Å². The van der Waals surface area contributed by atoms with E-state index >= 15 is 0 Å². The number of para-hydroxylation sites is 1. The number of anilines is 1. The highest BCUT2D eigenvalue weighted by Gasteiger charge is 2.15. The molecule has 7 heteroatoms. The predicted octanol–water partition coefficient (Wildman–Crippen LogP) is 5.21. The van der Waals surface area contributed by atoms with E-state index in [4.69, 9.17) is 13.7 Å². The normalized spacial score (nSPS) is 11.1. The Hall–Kier alpha value is -4.13. The zero-order valence-corrected chi connectivity index (χ0v) is 16.3. The van der Waals surface area contributed by atoms with Gasteiger partial charge in [0.2, 0.25) is 0 Å². The summed E-state index contributed by atoms with van der Waals surface area (Å²) < 4.78 is 16.6. The van der Waals surface area contributed by atoms with E-state index in [1.165, 1.54) is 0 Å². The highest BCUT2D eigenvalue weighted by atomic mass is 16.5. The third-order valence-electron chi connectivity index (χ3n) is 4.87. The molecule has 0 aliphatic heterocycles. The van der Waals surface area contributed by atoms with Crippen molar-refractivity contribution in [2.24, 2.45) is 0 Å². The average Bonchev–Trinajstić information content (AvgIpc) is 3.36. The van der Waals surface area contributed by atoms with E-state index in [0.717, 1.165) is 21.9 Å². The summed E-state index contributed by atoms with van der Waals surface area (Å²) in [6, 6.07) is 18.4. The van der Waals surface area contributed by atoms with E-state index in [1.54, 1.807) is 44.4 Å². The summed E-state index contributed by atoms with van der Waals surface area (Å²) in [4.78, 5) is 17.0. The number of carbonyl (C=O) groups is 1. The fourth-order valence-corrected chi connectivity index (χ4v) is 3.39. The van der Waals surface area contributed by atoms with Crippen molar-refractivity contribution in [1.82, 2.24) is 10.1 Å². The summed E-state index contributed by atoms with van der Waals surface area (Å²) in [5.41, 5.74) is 3.22. The van der Waals surface area contributed by atoms with Crippen molar-refractivity contribution in [3.63, 3.8) is 0 Å². The molecule has 0 bridgehead atoms. The first-order valence-corrected chi connectivity index (χ1v) is 9.34. The second-order valence-corrected chi connectivity index (χ2v) is 6.83. The number of nitrogens with one attached hydrogen (secondary N) is 1. The van der Waals surface area contributed by atoms with Crippen LogP contribution >= 0.6 is 0 Å². The van der Waals surface area contributed by atoms with Crippen molar-refractivity contribution < 1.29 is 18.5 Å². The van der Waals surface area contributed by atoms with Gasteiger partial charge in [-0.3, -0.25) is 4.79 Å². The van der Waals surface area contributed by atoms with E-state index in [-0.39, 0.29) is 5.91 Å². The molecule has 5 aromatic rings. The molecule has 1 amide bonds. The van der Waals surface area contributed by atoms with E-state index in [9.17, 15) is 4.79 Å². The molecule has 2 aromatic heterocycles. The lowest BCUT2D eigenvalue weighted by molar-refractivity contribution is 0.102. The van der Waals surface area contributed by atoms with Crippen molar-refractivity contribution in [2.75, 3.05) is 12.4 Å². The molecule has 0 radical (unpaired) electrons. The SMILES string of the molecule is COc1cc2c(cc1NC(=O)c1ccc(-c3nc(C)no3)cc1)oc1ccccc12. The Bertz CT molecular complexity index is 1380. The summed E-state index contributed by atoms with van der Waals surface area (Å²) in [7, 11) is 1.57. The van der Waals surface area contributed by atoms with Gasteiger partial charge in [-0.1, -0.05) is 23.4 Å². The number of rotatable bonds is 4. The molecule has 2 heterocycles. The highest BCUT2D eigenvalue weighted by Crippen LogP contribution is 2.36. The standard InChI is InChI=1S/C23H17N3O4/c1-13-24-23(30-26-13)15-9-7-14(8-10-15)22(27)25-18-12-20-17(11-21(18)28-2)16-5-3-4-6-19(16)29-20/h3-12H,1-2H3,(H,25,27). The second-order valence-electron chi connectivity index (χ2n) is 6.83. The van der Waals surface area contributed by atoms with Crippen LogP contribution in [-0.2, 0) is 0 Å². The molecule has 0 saturated carbocycles. The van der Waals surface area contributed by atoms with Crippen LogP contribution in [0.15, 0.2) is 69.6 Å². The molecule has 0 fully saturated rings. The Morgan fingerprint density at radius 3 is 2.53 bits per heavy atom. The number of amides is 1. The second kappa shape index (κ2) is 7.04. The zero-order valence-electron chi connectivity index (χ0n) is 16.3. The fourth-order valence-electron chi connectivity index (χ4n) is 3.39. The molecule has 7 nitrogen and oxygen atoms in total. The minimum Gasteiger partial charge on any atom is -0.495 e. The van der Waals surface area contributed by atoms with E-state index in [1.807, 2.05) is 30.3 Å². The number of fused-ring (bicyclic) bond motifs is 3. The van der Waals surface area contributed by atoms with Crippen LogP contribution in [-0.4, -0.2) is 23.2 Å². The molecule has 3 aromatic carbocycles. The van der Waals surface area contributed by atoms with Gasteiger partial charge in [-0.05, 0) is 43.3 Å². The lowest BCUT2D eigenvalue weighted by Crippen LogP contribution is -2.12. The maximum absolute atomic E-state index is 12.8. The molecule has 0 atom stereocenters. The van der Waals surface area contributed by atoms with Crippen LogP contribution in [0.4, 0.5) is 5.69 Å². The van der Waals surface area contributed by atoms with Crippen LogP contribution in [0.2, 0.25) is 0 Å². The first-order valence-electron chi connectivity index (χ1n) is 9.34. The van der Waals surface area contributed by atoms with E-state index in [2.05, 4.69) is 15.5 Å². The first-order chi connectivity index (χ1) is 14.6. The van der Waals surface area contributed by atoms with Gasteiger partial charge in [-0.15, -0.1) is 0 Å². The van der Waals surface area contributed by atoms with Gasteiger partial charge >= 0.3 is 0 Å². The summed E-state index contributed by atoms with van der Waals surface area (Å²) in [5, 5.41) is 8.61. The molecule has 0 aliphatic carbocycles. The molecule has 30 heavy (non-hydrogen) atoms. The molecule has 0 aliphatic rings. The first kappa shape index (κ1) is 17.9. The van der Waals surface area contributed by atoms with Crippen LogP contribution in [0.1, 0.15) is 16.2 Å². The van der Waals surface area contributed by atoms with Gasteiger partial charge < -0.3 is 19.0 Å². The van der Waals surface area contributed by atoms with Crippen molar-refractivity contribution in [1.29, 1.82) is 0 Å². The Morgan fingerprint density at radius 2 is 1.80 bits per heavy atom. The van der Waals surface area contributed by atoms with E-state index in [0.29, 0.717) is 34.3 Å². The molecule has 1 N–H and O–H groups in total. The summed E-state index contributed by atoms with van der Waals surface area (Å²) in [6.07, 6.45) is 0. The molecule has 148 valence electrons. The van der Waals surface area contributed by atoms with Crippen molar-refractivity contribution in [3.05, 3.63) is 72.1 Å². The third-order valence-corrected chi connectivity index (χ3v) is 4.87. The quantitative estimate of drug-likeness (QED) is 0.446. The number of carbonyl (C=O) groups excluding carboxylic acids is 1. The number of hydrogen-bond donors (Lipinski definition) is 1. The molecule has 5 rings (SSSR count). The number of aryl methyl sites for hydroxylation is 1. The van der Waals surface area contributed by atoms with Crippen LogP contribution in [0, 0.1) is 6.92 Å². The molecular formula is C23H17N3O4. The van der Waals surface area contributed by atoms with Gasteiger partial charge in [0.25, 0.3) is 11.8 Å². The number of benzene rings is 3. The minimum absolute atomic E-state index is 0.267. The number of ether oxygens (including phenoxy) is 1. The topological polar surface area (TPSA) is 90.4 Å². The monoisotopic (exact) mass is 399 g/mol. The van der Waals surface area contributed by atoms with E-state index < -0.39 is 0 Å². The van der Waals surface area contributed by atoms with Crippen molar-refractivity contribution in [3.8, 4) is 17.2 Å². The van der Waals surface area contributed by atoms with Gasteiger partial charge in [-0.25, -0.2) is 0 Å². The number of methoxy groups -OCH3 is 1. The molecule has 0 spiro atoms. The van der Waals surface area contributed by atoms with Gasteiger partial charge in [0.1, 0.15) is 16.9 Å². The number of furan rings is 1. The summed E-state index contributed by atoms with van der Waals surface area (Å²) in [5.74, 6) is 1.26. The molecular weight excluding hydrogens is 382 g/mol. The summed E-state index contributed by atoms with van der Waals surface area (Å²) >= 11 is 0. The predicted molar refractivity (Wildman–Crippen MR) is 113 cm³/mol. The van der Waals surface area contributed by atoms with Gasteiger partial charge in [-0.2, -0.15) is 4.98 Å². The van der Waals surface area contributed by atoms with Crippen LogP contribution < -0.4 is 10.1 Å².